The molecular formula is C14H14BrN3OS. The Bertz CT molecular complexity index is 628. The smallest absolute Gasteiger partial charge is 0.233 e. The molecule has 0 saturated heterocycles. The maximum atomic E-state index is 5.83. The number of nitrogens with two attached hydrogens (primary N) is 1. The molecule has 4 nitrogen and oxygen atoms in total. The maximum Gasteiger partial charge on any atom is 0.233 e. The molecular weight excluding hydrogens is 338 g/mol. The molecule has 0 aliphatic heterocycles. The molecule has 2 N–H and O–H groups in total. The molecule has 2 aromatic rings. The Hall–Kier alpha value is -1.11. The number of nitrogens with zero attached hydrogens (tertiary/aromatic N) is 2. The van der Waals surface area contributed by atoms with Gasteiger partial charge in [0.15, 0.2) is 5.82 Å². The van der Waals surface area contributed by atoms with E-state index in [1.54, 1.807) is 11.8 Å². The average molecular weight is 352 g/mol. The number of hydrogen-bond acceptors (Lipinski definition) is 5. The first-order chi connectivity index (χ1) is 9.72. The lowest BCUT2D eigenvalue weighted by Gasteiger charge is -2.02. The van der Waals surface area contributed by atoms with Crippen LogP contribution in [0.4, 0.5) is 0 Å². The summed E-state index contributed by atoms with van der Waals surface area (Å²) in [5, 5.41) is 4.03. The highest BCUT2D eigenvalue weighted by atomic mass is 79.9. The van der Waals surface area contributed by atoms with Crippen molar-refractivity contribution in [1.29, 1.82) is 0 Å². The van der Waals surface area contributed by atoms with Gasteiger partial charge in [0.2, 0.25) is 5.89 Å². The summed E-state index contributed by atoms with van der Waals surface area (Å²) in [6.07, 6.45) is 4.88. The third kappa shape index (κ3) is 3.13. The molecule has 0 bridgehead atoms. The van der Waals surface area contributed by atoms with Crippen molar-refractivity contribution in [2.45, 2.75) is 29.0 Å². The zero-order valence-electron chi connectivity index (χ0n) is 10.7. The minimum Gasteiger partial charge on any atom is -0.339 e. The number of allylic oxidation sites excluding steroid dienone is 1. The Morgan fingerprint density at radius 2 is 2.20 bits per heavy atom. The molecule has 2 unspecified atom stereocenters. The second-order valence-electron chi connectivity index (χ2n) is 4.66. The summed E-state index contributed by atoms with van der Waals surface area (Å²) in [6.45, 7) is 0. The van der Waals surface area contributed by atoms with Crippen molar-refractivity contribution in [2.75, 3.05) is 0 Å². The van der Waals surface area contributed by atoms with Crippen LogP contribution in [0.25, 0.3) is 0 Å². The fourth-order valence-electron chi connectivity index (χ4n) is 2.09. The SMILES string of the molecule is NC1C=CC(c2nc(CSc3ccccc3Br)no2)C1. The monoisotopic (exact) mass is 351 g/mol. The molecule has 0 fully saturated rings. The third-order valence-electron chi connectivity index (χ3n) is 3.11. The summed E-state index contributed by atoms with van der Waals surface area (Å²) in [4.78, 5) is 5.62. The van der Waals surface area contributed by atoms with Gasteiger partial charge in [-0.1, -0.05) is 29.4 Å². The van der Waals surface area contributed by atoms with E-state index in [0.717, 1.165) is 16.7 Å². The predicted octanol–water partition coefficient (Wildman–Crippen LogP) is 3.50. The molecule has 6 heteroatoms. The van der Waals surface area contributed by atoms with Crippen molar-refractivity contribution in [3.63, 3.8) is 0 Å². The van der Waals surface area contributed by atoms with Gasteiger partial charge >= 0.3 is 0 Å². The second-order valence-corrected chi connectivity index (χ2v) is 6.53. The average Bonchev–Trinajstić information content (AvgIpc) is 3.06. The number of halogens is 1. The van der Waals surface area contributed by atoms with Gasteiger partial charge in [-0.05, 0) is 34.5 Å². The summed E-state index contributed by atoms with van der Waals surface area (Å²) in [7, 11) is 0. The molecule has 1 aromatic heterocycles. The fourth-order valence-corrected chi connectivity index (χ4v) is 3.50. The van der Waals surface area contributed by atoms with Crippen molar-refractivity contribution < 1.29 is 4.52 Å². The normalized spacial score (nSPS) is 21.5. The van der Waals surface area contributed by atoms with E-state index in [0.29, 0.717) is 11.6 Å². The Labute approximate surface area is 129 Å². The number of benzene rings is 1. The molecule has 1 aliphatic carbocycles. The van der Waals surface area contributed by atoms with E-state index >= 15 is 0 Å². The number of aromatic nitrogens is 2. The molecule has 1 heterocycles. The number of thioether (sulfide) groups is 1. The topological polar surface area (TPSA) is 64.9 Å². The first kappa shape index (κ1) is 13.9. The first-order valence-electron chi connectivity index (χ1n) is 6.36. The summed E-state index contributed by atoms with van der Waals surface area (Å²) in [5.74, 6) is 2.24. The van der Waals surface area contributed by atoms with Gasteiger partial charge in [-0.2, -0.15) is 4.98 Å². The Morgan fingerprint density at radius 3 is 2.95 bits per heavy atom. The quantitative estimate of drug-likeness (QED) is 0.674. The molecule has 2 atom stereocenters. The lowest BCUT2D eigenvalue weighted by molar-refractivity contribution is 0.361. The van der Waals surface area contributed by atoms with Crippen LogP contribution in [0.5, 0.6) is 0 Å². The van der Waals surface area contributed by atoms with E-state index in [1.807, 2.05) is 30.4 Å². The minimum atomic E-state index is 0.102. The summed E-state index contributed by atoms with van der Waals surface area (Å²) in [5.41, 5.74) is 5.83. The van der Waals surface area contributed by atoms with Crippen LogP contribution >= 0.6 is 27.7 Å². The third-order valence-corrected chi connectivity index (χ3v) is 5.13. The fraction of sp³-hybridized carbons (Fsp3) is 0.286. The molecule has 3 rings (SSSR count). The molecule has 1 aromatic carbocycles. The zero-order chi connectivity index (χ0) is 13.9. The van der Waals surface area contributed by atoms with Crippen LogP contribution in [-0.4, -0.2) is 16.2 Å². The maximum absolute atomic E-state index is 5.83. The second kappa shape index (κ2) is 6.11. The van der Waals surface area contributed by atoms with Gasteiger partial charge in [-0.3, -0.25) is 0 Å². The highest BCUT2D eigenvalue weighted by molar-refractivity contribution is 9.10. The van der Waals surface area contributed by atoms with Crippen molar-refractivity contribution in [3.05, 3.63) is 52.6 Å². The van der Waals surface area contributed by atoms with Crippen LogP contribution in [0, 0.1) is 0 Å². The van der Waals surface area contributed by atoms with E-state index in [-0.39, 0.29) is 12.0 Å². The highest BCUT2D eigenvalue weighted by Gasteiger charge is 2.22. The van der Waals surface area contributed by atoms with Gasteiger partial charge in [0, 0.05) is 15.4 Å². The summed E-state index contributed by atoms with van der Waals surface area (Å²) in [6, 6.07) is 8.20. The molecule has 104 valence electrons. The highest BCUT2D eigenvalue weighted by Crippen LogP contribution is 2.30. The summed E-state index contributed by atoms with van der Waals surface area (Å²) >= 11 is 5.21. The Morgan fingerprint density at radius 1 is 1.35 bits per heavy atom. The molecule has 0 amide bonds. The Balaban J connectivity index is 1.63. The summed E-state index contributed by atoms with van der Waals surface area (Å²) < 4.78 is 6.40. The molecule has 0 radical (unpaired) electrons. The van der Waals surface area contributed by atoms with Gasteiger partial charge in [0.25, 0.3) is 0 Å². The lowest BCUT2D eigenvalue weighted by atomic mass is 10.1. The molecule has 20 heavy (non-hydrogen) atoms. The standard InChI is InChI=1S/C14H14BrN3OS/c15-11-3-1-2-4-12(11)20-8-13-17-14(19-18-13)9-5-6-10(16)7-9/h1-6,9-10H,7-8,16H2. The van der Waals surface area contributed by atoms with Crippen LogP contribution in [0.15, 0.2) is 50.3 Å². The van der Waals surface area contributed by atoms with Crippen LogP contribution in [0.3, 0.4) is 0 Å². The first-order valence-corrected chi connectivity index (χ1v) is 8.14. The van der Waals surface area contributed by atoms with Gasteiger partial charge in [-0.25, -0.2) is 0 Å². The van der Waals surface area contributed by atoms with Crippen molar-refractivity contribution in [3.8, 4) is 0 Å². The van der Waals surface area contributed by atoms with E-state index in [9.17, 15) is 0 Å². The predicted molar refractivity (Wildman–Crippen MR) is 82.5 cm³/mol. The molecule has 0 saturated carbocycles. The zero-order valence-corrected chi connectivity index (χ0v) is 13.1. The van der Waals surface area contributed by atoms with E-state index in [2.05, 4.69) is 32.1 Å². The van der Waals surface area contributed by atoms with Crippen molar-refractivity contribution in [2.24, 2.45) is 5.73 Å². The van der Waals surface area contributed by atoms with Crippen LogP contribution in [0.2, 0.25) is 0 Å². The van der Waals surface area contributed by atoms with Gasteiger partial charge in [-0.15, -0.1) is 11.8 Å². The van der Waals surface area contributed by atoms with Gasteiger partial charge < -0.3 is 10.3 Å². The van der Waals surface area contributed by atoms with E-state index < -0.39 is 0 Å². The number of hydrogen-bond donors (Lipinski definition) is 1. The van der Waals surface area contributed by atoms with Crippen LogP contribution in [0.1, 0.15) is 24.1 Å². The number of rotatable bonds is 4. The molecule has 1 aliphatic rings. The van der Waals surface area contributed by atoms with Gasteiger partial charge in [0.1, 0.15) is 0 Å². The van der Waals surface area contributed by atoms with Gasteiger partial charge in [0.05, 0.1) is 11.7 Å². The van der Waals surface area contributed by atoms with E-state index in [1.165, 1.54) is 4.90 Å². The van der Waals surface area contributed by atoms with Crippen LogP contribution in [-0.2, 0) is 5.75 Å². The minimum absolute atomic E-state index is 0.102. The lowest BCUT2D eigenvalue weighted by Crippen LogP contribution is -2.14. The van der Waals surface area contributed by atoms with E-state index in [4.69, 9.17) is 10.3 Å². The largest absolute Gasteiger partial charge is 0.339 e. The van der Waals surface area contributed by atoms with Crippen LogP contribution < -0.4 is 5.73 Å². The molecule has 0 spiro atoms. The van der Waals surface area contributed by atoms with Crippen molar-refractivity contribution in [1.82, 2.24) is 10.1 Å². The van der Waals surface area contributed by atoms with Crippen molar-refractivity contribution >= 4 is 27.7 Å². The Kier molecular flexibility index (Phi) is 4.24.